The molecule has 0 saturated heterocycles. The molecule has 4 nitrogen and oxygen atoms in total. The van der Waals surface area contributed by atoms with Crippen molar-refractivity contribution in [1.29, 1.82) is 0 Å². The van der Waals surface area contributed by atoms with E-state index in [4.69, 9.17) is 0 Å². The summed E-state index contributed by atoms with van der Waals surface area (Å²) in [5.41, 5.74) is 2.28. The fourth-order valence-corrected chi connectivity index (χ4v) is 2.31. The molecule has 1 heterocycles. The molecule has 1 amide bonds. The summed E-state index contributed by atoms with van der Waals surface area (Å²) in [4.78, 5) is 15.9. The molecule has 0 aliphatic rings. The second-order valence-electron chi connectivity index (χ2n) is 4.13. The molecule has 0 atom stereocenters. The Labute approximate surface area is 113 Å². The second kappa shape index (κ2) is 8.11. The van der Waals surface area contributed by atoms with E-state index in [1.54, 1.807) is 0 Å². The van der Waals surface area contributed by atoms with Gasteiger partial charge in [-0.05, 0) is 31.5 Å². The molecule has 0 fully saturated rings. The van der Waals surface area contributed by atoms with Crippen LogP contribution < -0.4 is 10.6 Å². The van der Waals surface area contributed by atoms with Gasteiger partial charge in [-0.25, -0.2) is 4.98 Å². The zero-order valence-electron chi connectivity index (χ0n) is 11.2. The van der Waals surface area contributed by atoms with Gasteiger partial charge in [-0.1, -0.05) is 24.8 Å². The van der Waals surface area contributed by atoms with Crippen molar-refractivity contribution in [2.24, 2.45) is 0 Å². The van der Waals surface area contributed by atoms with Crippen LogP contribution in [0.1, 0.15) is 24.5 Å². The molecule has 18 heavy (non-hydrogen) atoms. The molecule has 0 aliphatic carbocycles. The van der Waals surface area contributed by atoms with E-state index in [1.807, 2.05) is 27.1 Å². The second-order valence-corrected chi connectivity index (χ2v) is 5.10. The van der Waals surface area contributed by atoms with Gasteiger partial charge in [-0.15, -0.1) is 0 Å². The number of pyridine rings is 1. The molecule has 100 valence electrons. The van der Waals surface area contributed by atoms with Gasteiger partial charge in [0.15, 0.2) is 0 Å². The van der Waals surface area contributed by atoms with Crippen LogP contribution in [0.15, 0.2) is 17.3 Å². The average molecular weight is 267 g/mol. The maximum atomic E-state index is 11.5. The Balaban J connectivity index is 2.49. The molecular weight excluding hydrogens is 246 g/mol. The Hall–Kier alpha value is -1.07. The number of aromatic nitrogens is 1. The lowest BCUT2D eigenvalue weighted by molar-refractivity contribution is -0.118. The lowest BCUT2D eigenvalue weighted by Gasteiger charge is -2.07. The topological polar surface area (TPSA) is 54.0 Å². The van der Waals surface area contributed by atoms with Crippen molar-refractivity contribution in [3.8, 4) is 0 Å². The standard InChI is InChI=1S/C13H21N3OS/c1-4-5-15-12(17)9-18-13-10(2)6-11(7-14-3)8-16-13/h6,8,14H,4-5,7,9H2,1-3H3,(H,15,17). The van der Waals surface area contributed by atoms with Crippen molar-refractivity contribution in [3.63, 3.8) is 0 Å². The summed E-state index contributed by atoms with van der Waals surface area (Å²) in [6.07, 6.45) is 2.82. The van der Waals surface area contributed by atoms with Crippen molar-refractivity contribution in [2.45, 2.75) is 31.8 Å². The van der Waals surface area contributed by atoms with Crippen LogP contribution in [0.25, 0.3) is 0 Å². The fourth-order valence-electron chi connectivity index (χ4n) is 1.52. The molecule has 0 spiro atoms. The number of nitrogens with one attached hydrogen (secondary N) is 2. The lowest BCUT2D eigenvalue weighted by Crippen LogP contribution is -2.25. The number of nitrogens with zero attached hydrogens (tertiary/aromatic N) is 1. The van der Waals surface area contributed by atoms with Crippen LogP contribution >= 0.6 is 11.8 Å². The highest BCUT2D eigenvalue weighted by atomic mass is 32.2. The number of carbonyl (C=O) groups excluding carboxylic acids is 1. The van der Waals surface area contributed by atoms with E-state index in [9.17, 15) is 4.79 Å². The van der Waals surface area contributed by atoms with Crippen LogP contribution in [0.4, 0.5) is 0 Å². The van der Waals surface area contributed by atoms with Gasteiger partial charge < -0.3 is 10.6 Å². The smallest absolute Gasteiger partial charge is 0.230 e. The first kappa shape index (κ1) is 15.0. The number of hydrogen-bond donors (Lipinski definition) is 2. The highest BCUT2D eigenvalue weighted by molar-refractivity contribution is 7.99. The van der Waals surface area contributed by atoms with E-state index >= 15 is 0 Å². The largest absolute Gasteiger partial charge is 0.355 e. The van der Waals surface area contributed by atoms with E-state index in [-0.39, 0.29) is 5.91 Å². The Morgan fingerprint density at radius 3 is 2.89 bits per heavy atom. The van der Waals surface area contributed by atoms with Crippen molar-refractivity contribution in [2.75, 3.05) is 19.3 Å². The highest BCUT2D eigenvalue weighted by Gasteiger charge is 2.06. The van der Waals surface area contributed by atoms with Gasteiger partial charge in [0.2, 0.25) is 5.91 Å². The van der Waals surface area contributed by atoms with Crippen LogP contribution in [0, 0.1) is 6.92 Å². The third-order valence-electron chi connectivity index (χ3n) is 2.38. The molecule has 0 saturated carbocycles. The molecule has 5 heteroatoms. The number of hydrogen-bond acceptors (Lipinski definition) is 4. The predicted octanol–water partition coefficient (Wildman–Crippen LogP) is 1.73. The average Bonchev–Trinajstić information content (AvgIpc) is 2.35. The van der Waals surface area contributed by atoms with Crippen molar-refractivity contribution in [3.05, 3.63) is 23.4 Å². The van der Waals surface area contributed by atoms with Gasteiger partial charge in [-0.3, -0.25) is 4.79 Å². The predicted molar refractivity (Wildman–Crippen MR) is 75.8 cm³/mol. The maximum Gasteiger partial charge on any atom is 0.230 e. The van der Waals surface area contributed by atoms with Crippen molar-refractivity contribution < 1.29 is 4.79 Å². The van der Waals surface area contributed by atoms with Crippen LogP contribution in [0.2, 0.25) is 0 Å². The number of rotatable bonds is 7. The first-order chi connectivity index (χ1) is 8.67. The van der Waals surface area contributed by atoms with Gasteiger partial charge >= 0.3 is 0 Å². The zero-order valence-corrected chi connectivity index (χ0v) is 12.1. The Kier molecular flexibility index (Phi) is 6.75. The molecule has 1 aromatic heterocycles. The van der Waals surface area contributed by atoms with Crippen LogP contribution in [-0.2, 0) is 11.3 Å². The van der Waals surface area contributed by atoms with Crippen molar-refractivity contribution >= 4 is 17.7 Å². The van der Waals surface area contributed by atoms with Gasteiger partial charge in [0.25, 0.3) is 0 Å². The first-order valence-electron chi connectivity index (χ1n) is 6.17. The number of aryl methyl sites for hydroxylation is 1. The monoisotopic (exact) mass is 267 g/mol. The quantitative estimate of drug-likeness (QED) is 0.739. The molecule has 0 bridgehead atoms. The van der Waals surface area contributed by atoms with Crippen LogP contribution in [-0.4, -0.2) is 30.2 Å². The minimum atomic E-state index is 0.0716. The molecular formula is C13H21N3OS. The van der Waals surface area contributed by atoms with E-state index in [2.05, 4.69) is 21.7 Å². The van der Waals surface area contributed by atoms with E-state index in [0.717, 1.165) is 35.7 Å². The lowest BCUT2D eigenvalue weighted by atomic mass is 10.2. The summed E-state index contributed by atoms with van der Waals surface area (Å²) in [6, 6.07) is 2.11. The molecule has 1 rings (SSSR count). The minimum Gasteiger partial charge on any atom is -0.355 e. The summed E-state index contributed by atoms with van der Waals surface area (Å²) in [6.45, 7) is 5.63. The van der Waals surface area contributed by atoms with E-state index < -0.39 is 0 Å². The fraction of sp³-hybridized carbons (Fsp3) is 0.538. The SMILES string of the molecule is CCCNC(=O)CSc1ncc(CNC)cc1C. The highest BCUT2D eigenvalue weighted by Crippen LogP contribution is 2.20. The number of carbonyl (C=O) groups is 1. The van der Waals surface area contributed by atoms with Crippen molar-refractivity contribution in [1.82, 2.24) is 15.6 Å². The Morgan fingerprint density at radius 1 is 1.50 bits per heavy atom. The summed E-state index contributed by atoms with van der Waals surface area (Å²) < 4.78 is 0. The Bertz CT molecular complexity index is 396. The molecule has 2 N–H and O–H groups in total. The summed E-state index contributed by atoms with van der Waals surface area (Å²) in [5.74, 6) is 0.501. The number of amides is 1. The minimum absolute atomic E-state index is 0.0716. The Morgan fingerprint density at radius 2 is 2.28 bits per heavy atom. The molecule has 0 unspecified atom stereocenters. The van der Waals surface area contributed by atoms with Gasteiger partial charge in [0.1, 0.15) is 0 Å². The molecule has 0 radical (unpaired) electrons. The molecule has 0 aromatic carbocycles. The van der Waals surface area contributed by atoms with Crippen LogP contribution in [0.3, 0.4) is 0 Å². The molecule has 1 aromatic rings. The van der Waals surface area contributed by atoms with E-state index in [1.165, 1.54) is 11.8 Å². The maximum absolute atomic E-state index is 11.5. The molecule has 0 aliphatic heterocycles. The van der Waals surface area contributed by atoms with Gasteiger partial charge in [0.05, 0.1) is 10.8 Å². The number of thioether (sulfide) groups is 1. The third-order valence-corrected chi connectivity index (χ3v) is 3.49. The van der Waals surface area contributed by atoms with Crippen LogP contribution in [0.5, 0.6) is 0 Å². The normalized spacial score (nSPS) is 10.4. The summed E-state index contributed by atoms with van der Waals surface area (Å²) >= 11 is 1.49. The van der Waals surface area contributed by atoms with Gasteiger partial charge in [-0.2, -0.15) is 0 Å². The third kappa shape index (κ3) is 5.06. The summed E-state index contributed by atoms with van der Waals surface area (Å²) in [7, 11) is 1.91. The van der Waals surface area contributed by atoms with E-state index in [0.29, 0.717) is 5.75 Å². The zero-order chi connectivity index (χ0) is 13.4. The first-order valence-corrected chi connectivity index (χ1v) is 7.15. The van der Waals surface area contributed by atoms with Gasteiger partial charge in [0, 0.05) is 19.3 Å². The summed E-state index contributed by atoms with van der Waals surface area (Å²) in [5, 5.41) is 6.88.